The summed E-state index contributed by atoms with van der Waals surface area (Å²) in [5.41, 5.74) is 7.05. The summed E-state index contributed by atoms with van der Waals surface area (Å²) in [5.74, 6) is -0.648. The molecule has 1 atom stereocenters. The predicted molar refractivity (Wildman–Crippen MR) is 95.3 cm³/mol. The predicted octanol–water partition coefficient (Wildman–Crippen LogP) is 2.48. The quantitative estimate of drug-likeness (QED) is 0.843. The van der Waals surface area contributed by atoms with Crippen molar-refractivity contribution in [2.45, 2.75) is 30.4 Å². The fourth-order valence-corrected chi connectivity index (χ4v) is 3.07. The van der Waals surface area contributed by atoms with E-state index in [-0.39, 0.29) is 17.6 Å². The highest BCUT2D eigenvalue weighted by atomic mass is 32.2. The molecule has 6 heteroatoms. The van der Waals surface area contributed by atoms with Gasteiger partial charge in [-0.15, -0.1) is 0 Å². The highest BCUT2D eigenvalue weighted by molar-refractivity contribution is 7.85. The Morgan fingerprint density at radius 3 is 2.12 bits per heavy atom. The first-order chi connectivity index (χ1) is 11.4. The number of hydrogen-bond donors (Lipinski definition) is 2. The van der Waals surface area contributed by atoms with E-state index >= 15 is 0 Å². The number of carbonyl (C=O) groups excluding carboxylic acids is 2. The summed E-state index contributed by atoms with van der Waals surface area (Å²) in [6.07, 6.45) is 0.169. The van der Waals surface area contributed by atoms with E-state index in [9.17, 15) is 13.8 Å². The zero-order valence-corrected chi connectivity index (χ0v) is 14.4. The fraction of sp³-hybridized carbons (Fsp3) is 0.222. The van der Waals surface area contributed by atoms with E-state index in [0.717, 1.165) is 5.56 Å². The molecule has 0 spiro atoms. The average Bonchev–Trinajstić information content (AvgIpc) is 2.55. The van der Waals surface area contributed by atoms with Crippen LogP contribution in [-0.2, 0) is 22.0 Å². The van der Waals surface area contributed by atoms with Gasteiger partial charge in [-0.1, -0.05) is 26.0 Å². The van der Waals surface area contributed by atoms with Crippen molar-refractivity contribution in [1.29, 1.82) is 0 Å². The summed E-state index contributed by atoms with van der Waals surface area (Å²) in [7, 11) is -1.07. The Kier molecular flexibility index (Phi) is 5.87. The Hall–Kier alpha value is -2.47. The molecule has 0 aliphatic rings. The van der Waals surface area contributed by atoms with E-state index in [4.69, 9.17) is 5.73 Å². The lowest BCUT2D eigenvalue weighted by molar-refractivity contribution is -0.117. The largest absolute Gasteiger partial charge is 0.369 e. The SMILES string of the molecule is CC(C)[S@](=O)c1ccc(C(=O)Nc2ccc(CC(N)=O)cc2)cc1. The maximum absolute atomic E-state index is 12.2. The summed E-state index contributed by atoms with van der Waals surface area (Å²) in [6, 6.07) is 13.7. The summed E-state index contributed by atoms with van der Waals surface area (Å²) >= 11 is 0. The summed E-state index contributed by atoms with van der Waals surface area (Å²) < 4.78 is 12.0. The number of nitrogens with two attached hydrogens (primary N) is 1. The Balaban J connectivity index is 2.04. The maximum Gasteiger partial charge on any atom is 0.255 e. The molecule has 2 amide bonds. The number of anilines is 1. The Bertz CT molecular complexity index is 753. The van der Waals surface area contributed by atoms with Crippen LogP contribution < -0.4 is 11.1 Å². The minimum atomic E-state index is -1.07. The smallest absolute Gasteiger partial charge is 0.255 e. The van der Waals surface area contributed by atoms with Crippen molar-refractivity contribution in [3.05, 3.63) is 59.7 Å². The molecule has 2 aromatic carbocycles. The van der Waals surface area contributed by atoms with Gasteiger partial charge in [-0.2, -0.15) is 0 Å². The molecule has 24 heavy (non-hydrogen) atoms. The number of amides is 2. The maximum atomic E-state index is 12.2. The van der Waals surface area contributed by atoms with Crippen molar-refractivity contribution in [3.63, 3.8) is 0 Å². The second-order valence-corrected chi connectivity index (χ2v) is 7.67. The van der Waals surface area contributed by atoms with Crippen molar-refractivity contribution in [1.82, 2.24) is 0 Å². The van der Waals surface area contributed by atoms with E-state index in [2.05, 4.69) is 5.32 Å². The molecule has 5 nitrogen and oxygen atoms in total. The van der Waals surface area contributed by atoms with Crippen LogP contribution in [0.15, 0.2) is 53.4 Å². The van der Waals surface area contributed by atoms with Crippen molar-refractivity contribution in [2.75, 3.05) is 5.32 Å². The average molecular weight is 344 g/mol. The Labute approximate surface area is 143 Å². The lowest BCUT2D eigenvalue weighted by atomic mass is 10.1. The first-order valence-electron chi connectivity index (χ1n) is 7.56. The molecule has 0 saturated carbocycles. The third-order valence-corrected chi connectivity index (χ3v) is 4.96. The lowest BCUT2D eigenvalue weighted by Crippen LogP contribution is -2.14. The third kappa shape index (κ3) is 4.76. The summed E-state index contributed by atoms with van der Waals surface area (Å²) in [6.45, 7) is 3.78. The van der Waals surface area contributed by atoms with Crippen LogP contribution >= 0.6 is 0 Å². The number of nitrogens with one attached hydrogen (secondary N) is 1. The molecule has 2 aromatic rings. The standard InChI is InChI=1S/C18H20N2O3S/c1-12(2)24(23)16-9-5-14(6-10-16)18(22)20-15-7-3-13(4-8-15)11-17(19)21/h3-10,12H,11H2,1-2H3,(H2,19,21)(H,20,22)/t24-/m0/s1. The molecule has 0 aliphatic carbocycles. The molecule has 0 aromatic heterocycles. The first kappa shape index (κ1) is 17.9. The van der Waals surface area contributed by atoms with Gasteiger partial charge in [-0.25, -0.2) is 0 Å². The number of benzene rings is 2. The Morgan fingerprint density at radius 1 is 1.04 bits per heavy atom. The second-order valence-electron chi connectivity index (χ2n) is 5.66. The van der Waals surface area contributed by atoms with E-state index < -0.39 is 16.7 Å². The fourth-order valence-electron chi connectivity index (χ4n) is 2.12. The van der Waals surface area contributed by atoms with Gasteiger partial charge in [0.05, 0.1) is 17.2 Å². The monoisotopic (exact) mass is 344 g/mol. The van der Waals surface area contributed by atoms with Gasteiger partial charge in [-0.3, -0.25) is 13.8 Å². The van der Waals surface area contributed by atoms with Gasteiger partial charge < -0.3 is 11.1 Å². The van der Waals surface area contributed by atoms with E-state index in [1.54, 1.807) is 48.5 Å². The third-order valence-electron chi connectivity index (χ3n) is 3.37. The van der Waals surface area contributed by atoms with Crippen LogP contribution in [0.5, 0.6) is 0 Å². The highest BCUT2D eigenvalue weighted by Crippen LogP contribution is 2.15. The molecule has 0 aliphatic heterocycles. The van der Waals surface area contributed by atoms with Crippen molar-refractivity contribution in [2.24, 2.45) is 5.73 Å². The second kappa shape index (κ2) is 7.88. The van der Waals surface area contributed by atoms with Crippen molar-refractivity contribution >= 4 is 28.3 Å². The van der Waals surface area contributed by atoms with Gasteiger partial charge in [0.15, 0.2) is 0 Å². The molecular formula is C18H20N2O3S. The minimum absolute atomic E-state index is 0.0311. The summed E-state index contributed by atoms with van der Waals surface area (Å²) in [5, 5.41) is 2.81. The van der Waals surface area contributed by atoms with Crippen LogP contribution in [0.25, 0.3) is 0 Å². The van der Waals surface area contributed by atoms with Crippen LogP contribution in [0.1, 0.15) is 29.8 Å². The first-order valence-corrected chi connectivity index (χ1v) is 8.77. The zero-order chi connectivity index (χ0) is 17.7. The van der Waals surface area contributed by atoms with Gasteiger partial charge in [0.25, 0.3) is 5.91 Å². The van der Waals surface area contributed by atoms with Gasteiger partial charge in [-0.05, 0) is 42.0 Å². The molecule has 0 fully saturated rings. The van der Waals surface area contributed by atoms with Crippen LogP contribution in [-0.4, -0.2) is 21.3 Å². The zero-order valence-electron chi connectivity index (χ0n) is 13.6. The number of rotatable bonds is 6. The molecule has 2 rings (SSSR count). The lowest BCUT2D eigenvalue weighted by Gasteiger charge is -2.08. The van der Waals surface area contributed by atoms with Gasteiger partial charge in [0.2, 0.25) is 5.91 Å². The van der Waals surface area contributed by atoms with Crippen LogP contribution in [0.2, 0.25) is 0 Å². The molecule has 0 heterocycles. The highest BCUT2D eigenvalue weighted by Gasteiger charge is 2.11. The molecular weight excluding hydrogens is 324 g/mol. The van der Waals surface area contributed by atoms with Crippen LogP contribution in [0.4, 0.5) is 5.69 Å². The molecule has 126 valence electrons. The van der Waals surface area contributed by atoms with E-state index in [1.165, 1.54) is 0 Å². The van der Waals surface area contributed by atoms with Crippen LogP contribution in [0, 0.1) is 0 Å². The molecule has 0 saturated heterocycles. The van der Waals surface area contributed by atoms with Gasteiger partial charge >= 0.3 is 0 Å². The molecule has 0 radical (unpaired) electrons. The Morgan fingerprint density at radius 2 is 1.62 bits per heavy atom. The van der Waals surface area contributed by atoms with Crippen LogP contribution in [0.3, 0.4) is 0 Å². The van der Waals surface area contributed by atoms with Crippen molar-refractivity contribution < 1.29 is 13.8 Å². The number of carbonyl (C=O) groups is 2. The normalized spacial score (nSPS) is 12.0. The van der Waals surface area contributed by atoms with E-state index in [1.807, 2.05) is 13.8 Å². The summed E-state index contributed by atoms with van der Waals surface area (Å²) in [4.78, 5) is 23.8. The van der Waals surface area contributed by atoms with Gasteiger partial charge in [0, 0.05) is 21.4 Å². The topological polar surface area (TPSA) is 89.3 Å². The van der Waals surface area contributed by atoms with Gasteiger partial charge in [0.1, 0.15) is 0 Å². The molecule has 0 unspecified atom stereocenters. The van der Waals surface area contributed by atoms with Crippen molar-refractivity contribution in [3.8, 4) is 0 Å². The van der Waals surface area contributed by atoms with E-state index in [0.29, 0.717) is 16.1 Å². The minimum Gasteiger partial charge on any atom is -0.369 e. The number of hydrogen-bond acceptors (Lipinski definition) is 3. The molecule has 0 bridgehead atoms. The number of primary amides is 1. The molecule has 3 N–H and O–H groups in total.